The third-order valence-corrected chi connectivity index (χ3v) is 4.51. The molecule has 0 spiro atoms. The number of aryl methyl sites for hydroxylation is 1. The summed E-state index contributed by atoms with van der Waals surface area (Å²) in [7, 11) is 1.79. The molecule has 7 nitrogen and oxygen atoms in total. The number of hydrogen-bond acceptors (Lipinski definition) is 3. The molecule has 0 bridgehead atoms. The van der Waals surface area contributed by atoms with Crippen LogP contribution in [0.1, 0.15) is 35.5 Å². The molecule has 0 radical (unpaired) electrons. The van der Waals surface area contributed by atoms with Gasteiger partial charge in [0.2, 0.25) is 5.91 Å². The van der Waals surface area contributed by atoms with Gasteiger partial charge in [0.05, 0.1) is 12.5 Å². The van der Waals surface area contributed by atoms with E-state index in [0.29, 0.717) is 11.4 Å². The Morgan fingerprint density at radius 2 is 1.83 bits per heavy atom. The number of aromatic nitrogens is 2. The summed E-state index contributed by atoms with van der Waals surface area (Å²) < 4.78 is 15.5. The normalized spacial score (nSPS) is 12.8. The number of imidazole rings is 1. The maximum Gasteiger partial charge on any atom is 0.312 e. The number of halogens is 1. The highest BCUT2D eigenvalue weighted by atomic mass is 19.1. The fourth-order valence-corrected chi connectivity index (χ4v) is 3.15. The summed E-state index contributed by atoms with van der Waals surface area (Å²) >= 11 is 0. The van der Waals surface area contributed by atoms with E-state index in [-0.39, 0.29) is 12.3 Å². The van der Waals surface area contributed by atoms with Gasteiger partial charge >= 0.3 is 6.03 Å². The minimum Gasteiger partial charge on any atom is -0.352 e. The quantitative estimate of drug-likeness (QED) is 0.573. The van der Waals surface area contributed by atoms with Gasteiger partial charge in [0.25, 0.3) is 0 Å². The molecule has 150 valence electrons. The highest BCUT2D eigenvalue weighted by molar-refractivity contribution is 5.79. The summed E-state index contributed by atoms with van der Waals surface area (Å²) in [5, 5.41) is 5.49. The minimum atomic E-state index is -0.725. The van der Waals surface area contributed by atoms with E-state index >= 15 is 0 Å². The Labute approximate surface area is 167 Å². The second-order valence-electron chi connectivity index (χ2n) is 6.63. The van der Waals surface area contributed by atoms with E-state index in [1.807, 2.05) is 18.2 Å². The summed E-state index contributed by atoms with van der Waals surface area (Å²) in [4.78, 5) is 28.5. The lowest BCUT2D eigenvalue weighted by Crippen LogP contribution is -2.38. The number of hydrogen-bond donors (Lipinski definition) is 3. The van der Waals surface area contributed by atoms with Crippen LogP contribution in [0, 0.1) is 5.82 Å². The standard InChI is InChI=1S/C21H22FN5O2/c1-27-11-10-24-20(27)19(15-8-5-9-16(22)12-15)26-18(28)13-17(25-21(23)29)14-6-3-2-4-7-14/h2-12,17,19H,13H2,1H3,(H,26,28)(H3,23,25,29)/t17-,19+/m1/s1. The SMILES string of the molecule is Cn1ccnc1[C@@H](NC(=O)C[C@@H](NC(N)=O)c1ccccc1)c1cccc(F)c1. The summed E-state index contributed by atoms with van der Waals surface area (Å²) in [5.41, 5.74) is 6.59. The Morgan fingerprint density at radius 3 is 2.45 bits per heavy atom. The number of carbonyl (C=O) groups is 2. The van der Waals surface area contributed by atoms with Gasteiger partial charge in [-0.3, -0.25) is 4.79 Å². The van der Waals surface area contributed by atoms with Crippen LogP contribution in [-0.4, -0.2) is 21.5 Å². The molecule has 0 saturated carbocycles. The van der Waals surface area contributed by atoms with Crippen molar-refractivity contribution < 1.29 is 14.0 Å². The maximum absolute atomic E-state index is 13.8. The molecule has 0 aliphatic heterocycles. The molecule has 0 unspecified atom stereocenters. The Balaban J connectivity index is 1.84. The lowest BCUT2D eigenvalue weighted by Gasteiger charge is -2.22. The minimum absolute atomic E-state index is 0.0385. The van der Waals surface area contributed by atoms with Gasteiger partial charge in [-0.25, -0.2) is 14.2 Å². The number of benzene rings is 2. The number of urea groups is 1. The van der Waals surface area contributed by atoms with Gasteiger partial charge in [-0.1, -0.05) is 42.5 Å². The van der Waals surface area contributed by atoms with Gasteiger partial charge < -0.3 is 20.9 Å². The Morgan fingerprint density at radius 1 is 1.10 bits per heavy atom. The number of amides is 3. The first-order valence-electron chi connectivity index (χ1n) is 9.07. The lowest BCUT2D eigenvalue weighted by molar-refractivity contribution is -0.122. The largest absolute Gasteiger partial charge is 0.352 e. The van der Waals surface area contributed by atoms with E-state index in [4.69, 9.17) is 5.73 Å². The van der Waals surface area contributed by atoms with Crippen LogP contribution in [0.3, 0.4) is 0 Å². The third kappa shape index (κ3) is 5.19. The van der Waals surface area contributed by atoms with Crippen LogP contribution < -0.4 is 16.4 Å². The zero-order valence-electron chi connectivity index (χ0n) is 15.9. The first-order chi connectivity index (χ1) is 13.9. The molecule has 29 heavy (non-hydrogen) atoms. The van der Waals surface area contributed by atoms with Crippen molar-refractivity contribution in [2.45, 2.75) is 18.5 Å². The van der Waals surface area contributed by atoms with E-state index in [0.717, 1.165) is 5.56 Å². The van der Waals surface area contributed by atoms with Crippen LogP contribution in [0.5, 0.6) is 0 Å². The van der Waals surface area contributed by atoms with Gasteiger partial charge in [-0.2, -0.15) is 0 Å². The molecule has 2 atom stereocenters. The van der Waals surface area contributed by atoms with Crippen LogP contribution >= 0.6 is 0 Å². The van der Waals surface area contributed by atoms with E-state index in [2.05, 4.69) is 15.6 Å². The molecule has 0 fully saturated rings. The molecular weight excluding hydrogens is 373 g/mol. The summed E-state index contributed by atoms with van der Waals surface area (Å²) in [5.74, 6) is -0.193. The highest BCUT2D eigenvalue weighted by Crippen LogP contribution is 2.23. The van der Waals surface area contributed by atoms with Gasteiger partial charge in [-0.05, 0) is 23.3 Å². The van der Waals surface area contributed by atoms with Gasteiger partial charge in [0, 0.05) is 19.4 Å². The van der Waals surface area contributed by atoms with Crippen molar-refractivity contribution in [3.05, 3.63) is 89.8 Å². The van der Waals surface area contributed by atoms with Crippen molar-refractivity contribution in [2.24, 2.45) is 12.8 Å². The average Bonchev–Trinajstić information content (AvgIpc) is 3.11. The molecule has 0 saturated heterocycles. The maximum atomic E-state index is 13.8. The zero-order chi connectivity index (χ0) is 20.8. The van der Waals surface area contributed by atoms with E-state index in [9.17, 15) is 14.0 Å². The molecule has 4 N–H and O–H groups in total. The van der Waals surface area contributed by atoms with Crippen molar-refractivity contribution in [1.29, 1.82) is 0 Å². The fourth-order valence-electron chi connectivity index (χ4n) is 3.15. The van der Waals surface area contributed by atoms with Crippen molar-refractivity contribution in [3.63, 3.8) is 0 Å². The number of primary amides is 1. The number of nitrogens with one attached hydrogen (secondary N) is 2. The molecule has 0 aliphatic rings. The number of nitrogens with zero attached hydrogens (tertiary/aromatic N) is 2. The average molecular weight is 395 g/mol. The van der Waals surface area contributed by atoms with Crippen LogP contribution in [0.15, 0.2) is 67.0 Å². The monoisotopic (exact) mass is 395 g/mol. The van der Waals surface area contributed by atoms with Crippen LogP contribution in [0.2, 0.25) is 0 Å². The second kappa shape index (κ2) is 9.01. The first-order valence-corrected chi connectivity index (χ1v) is 9.07. The topological polar surface area (TPSA) is 102 Å². The highest BCUT2D eigenvalue weighted by Gasteiger charge is 2.24. The van der Waals surface area contributed by atoms with E-state index < -0.39 is 23.9 Å². The molecule has 3 amide bonds. The predicted molar refractivity (Wildman–Crippen MR) is 106 cm³/mol. The number of carbonyl (C=O) groups excluding carboxylic acids is 2. The lowest BCUT2D eigenvalue weighted by atomic mass is 10.0. The molecular formula is C21H22FN5O2. The van der Waals surface area contributed by atoms with Crippen molar-refractivity contribution in [2.75, 3.05) is 0 Å². The van der Waals surface area contributed by atoms with Crippen molar-refractivity contribution >= 4 is 11.9 Å². The smallest absolute Gasteiger partial charge is 0.312 e. The Bertz CT molecular complexity index is 990. The number of nitrogens with two attached hydrogens (primary N) is 1. The van der Waals surface area contributed by atoms with Crippen LogP contribution in [-0.2, 0) is 11.8 Å². The van der Waals surface area contributed by atoms with Crippen LogP contribution in [0.4, 0.5) is 9.18 Å². The first kappa shape index (κ1) is 20.1. The Hall–Kier alpha value is -3.68. The Kier molecular flexibility index (Phi) is 6.23. The third-order valence-electron chi connectivity index (χ3n) is 4.51. The second-order valence-corrected chi connectivity index (χ2v) is 6.63. The molecule has 3 aromatic rings. The molecule has 3 rings (SSSR count). The van der Waals surface area contributed by atoms with Crippen molar-refractivity contribution in [3.8, 4) is 0 Å². The van der Waals surface area contributed by atoms with E-state index in [1.165, 1.54) is 12.1 Å². The summed E-state index contributed by atoms with van der Waals surface area (Å²) in [6.45, 7) is 0. The molecule has 1 aromatic heterocycles. The van der Waals surface area contributed by atoms with Gasteiger partial charge in [-0.15, -0.1) is 0 Å². The van der Waals surface area contributed by atoms with E-state index in [1.54, 1.807) is 48.3 Å². The summed E-state index contributed by atoms with van der Waals surface area (Å²) in [6.07, 6.45) is 3.31. The zero-order valence-corrected chi connectivity index (χ0v) is 15.9. The fraction of sp³-hybridized carbons (Fsp3) is 0.190. The van der Waals surface area contributed by atoms with Gasteiger partial charge in [0.15, 0.2) is 0 Å². The van der Waals surface area contributed by atoms with Crippen LogP contribution in [0.25, 0.3) is 0 Å². The molecule has 0 aliphatic carbocycles. The molecule has 2 aromatic carbocycles. The number of rotatable bonds is 7. The summed E-state index contributed by atoms with van der Waals surface area (Å²) in [6, 6.07) is 13.1. The van der Waals surface area contributed by atoms with Gasteiger partial charge in [0.1, 0.15) is 17.7 Å². The van der Waals surface area contributed by atoms with Crippen molar-refractivity contribution in [1.82, 2.24) is 20.2 Å². The molecule has 1 heterocycles. The predicted octanol–water partition coefficient (Wildman–Crippen LogP) is 2.56. The molecule has 8 heteroatoms.